The molecular weight excluding hydrogens is 296 g/mol. The van der Waals surface area contributed by atoms with Crippen molar-refractivity contribution in [2.24, 2.45) is 0 Å². The van der Waals surface area contributed by atoms with E-state index in [2.05, 4.69) is 18.9 Å². The van der Waals surface area contributed by atoms with Crippen molar-refractivity contribution in [3.8, 4) is 0 Å². The second-order valence-electron chi connectivity index (χ2n) is 4.24. The minimum absolute atomic E-state index is 0.00167. The Morgan fingerprint density at radius 3 is 1.36 bits per heavy atom. The molecule has 0 rings (SSSR count). The summed E-state index contributed by atoms with van der Waals surface area (Å²) in [5.41, 5.74) is 0. The van der Waals surface area contributed by atoms with Crippen LogP contribution in [0, 0.1) is 0 Å². The number of carbonyl (C=O) groups is 2. The van der Waals surface area contributed by atoms with Gasteiger partial charge in [-0.05, 0) is 13.8 Å². The van der Waals surface area contributed by atoms with Crippen molar-refractivity contribution in [3.63, 3.8) is 0 Å². The molecule has 8 heteroatoms. The van der Waals surface area contributed by atoms with Crippen molar-refractivity contribution >= 4 is 11.9 Å². The molecule has 8 nitrogen and oxygen atoms in total. The van der Waals surface area contributed by atoms with E-state index in [0.29, 0.717) is 13.2 Å². The molecule has 0 aromatic rings. The van der Waals surface area contributed by atoms with E-state index in [9.17, 15) is 9.59 Å². The first-order chi connectivity index (χ1) is 10.4. The van der Waals surface area contributed by atoms with Gasteiger partial charge in [-0.3, -0.25) is 9.59 Å². The molecule has 22 heavy (non-hydrogen) atoms. The molecule has 2 N–H and O–H groups in total. The van der Waals surface area contributed by atoms with Crippen LogP contribution in [0.5, 0.6) is 0 Å². The van der Waals surface area contributed by atoms with Gasteiger partial charge >= 0.3 is 11.9 Å². The van der Waals surface area contributed by atoms with Crippen LogP contribution in [0.4, 0.5) is 0 Å². The van der Waals surface area contributed by atoms with E-state index in [1.165, 1.54) is 14.2 Å². The van der Waals surface area contributed by atoms with E-state index in [4.69, 9.17) is 10.2 Å². The lowest BCUT2D eigenvalue weighted by Crippen LogP contribution is -2.20. The Morgan fingerprint density at radius 2 is 1.14 bits per heavy atom. The number of aliphatic hydroxyl groups excluding tert-OH is 2. The van der Waals surface area contributed by atoms with Crippen molar-refractivity contribution in [1.82, 2.24) is 0 Å². The molecule has 0 aromatic carbocycles. The number of ether oxygens (including phenoxy) is 4. The molecule has 0 aliphatic heterocycles. The Hall–Kier alpha value is -1.22. The number of esters is 2. The predicted octanol–water partition coefficient (Wildman–Crippen LogP) is -0.106. The summed E-state index contributed by atoms with van der Waals surface area (Å²) in [7, 11) is 2.93. The molecular formula is C14H28O8. The molecule has 0 saturated carbocycles. The van der Waals surface area contributed by atoms with Crippen molar-refractivity contribution in [3.05, 3.63) is 0 Å². The van der Waals surface area contributed by atoms with Gasteiger partial charge in [0.1, 0.15) is 0 Å². The van der Waals surface area contributed by atoms with Gasteiger partial charge in [0.25, 0.3) is 0 Å². The van der Waals surface area contributed by atoms with Crippen molar-refractivity contribution in [1.29, 1.82) is 0 Å². The molecule has 0 bridgehead atoms. The number of aliphatic hydroxyl groups is 2. The molecule has 2 atom stereocenters. The second kappa shape index (κ2) is 16.2. The maximum Gasteiger partial charge on any atom is 0.308 e. The normalized spacial score (nSPS) is 12.6. The van der Waals surface area contributed by atoms with Crippen molar-refractivity contribution < 1.29 is 38.7 Å². The summed E-state index contributed by atoms with van der Waals surface area (Å²) in [6, 6.07) is 0. The molecule has 0 aliphatic rings. The monoisotopic (exact) mass is 324 g/mol. The fourth-order valence-electron chi connectivity index (χ4n) is 1.33. The topological polar surface area (TPSA) is 112 Å². The molecule has 0 spiro atoms. The van der Waals surface area contributed by atoms with Gasteiger partial charge in [-0.25, -0.2) is 0 Å². The maximum absolute atomic E-state index is 10.7. The minimum Gasteiger partial charge on any atom is -0.466 e. The summed E-state index contributed by atoms with van der Waals surface area (Å²) in [6.45, 7) is 4.47. The van der Waals surface area contributed by atoms with E-state index in [-0.39, 0.29) is 26.1 Å². The van der Waals surface area contributed by atoms with Gasteiger partial charge in [0.2, 0.25) is 0 Å². The zero-order valence-corrected chi connectivity index (χ0v) is 13.7. The van der Waals surface area contributed by atoms with Crippen LogP contribution < -0.4 is 0 Å². The smallest absolute Gasteiger partial charge is 0.308 e. The van der Waals surface area contributed by atoms with Gasteiger partial charge in [0, 0.05) is 14.2 Å². The Labute approximate surface area is 131 Å². The van der Waals surface area contributed by atoms with Crippen LogP contribution in [0.2, 0.25) is 0 Å². The summed E-state index contributed by atoms with van der Waals surface area (Å²) >= 11 is 0. The highest BCUT2D eigenvalue weighted by atomic mass is 16.5. The Bertz CT molecular complexity index is 254. The molecule has 0 unspecified atom stereocenters. The average Bonchev–Trinajstić information content (AvgIpc) is 2.40. The van der Waals surface area contributed by atoms with E-state index in [1.807, 2.05) is 0 Å². The van der Waals surface area contributed by atoms with Crippen LogP contribution in [0.1, 0.15) is 26.7 Å². The first-order valence-electron chi connectivity index (χ1n) is 7.06. The highest BCUT2D eigenvalue weighted by Crippen LogP contribution is 1.95. The molecule has 0 fully saturated rings. The zero-order valence-electron chi connectivity index (χ0n) is 13.7. The standard InChI is InChI=1S/2C7H14O4/c2*1-3-11-7(9)4-6(8)5-10-2/h2*6,8H,3-5H2,1-2H3/t2*6-/m10/s1. The van der Waals surface area contributed by atoms with Crippen LogP contribution in [0.25, 0.3) is 0 Å². The van der Waals surface area contributed by atoms with Crippen LogP contribution >= 0.6 is 0 Å². The fourth-order valence-corrected chi connectivity index (χ4v) is 1.33. The largest absolute Gasteiger partial charge is 0.466 e. The third-order valence-electron chi connectivity index (χ3n) is 2.13. The first kappa shape index (κ1) is 23.1. The Morgan fingerprint density at radius 1 is 0.818 bits per heavy atom. The average molecular weight is 324 g/mol. The third kappa shape index (κ3) is 16.8. The molecule has 0 heterocycles. The summed E-state index contributed by atoms with van der Waals surface area (Å²) in [4.78, 5) is 21.4. The number of hydrogen-bond donors (Lipinski definition) is 2. The van der Waals surface area contributed by atoms with E-state index in [1.54, 1.807) is 13.8 Å². The van der Waals surface area contributed by atoms with Gasteiger partial charge in [-0.2, -0.15) is 0 Å². The van der Waals surface area contributed by atoms with Crippen LogP contribution in [0.15, 0.2) is 0 Å². The minimum atomic E-state index is -0.751. The van der Waals surface area contributed by atoms with Crippen LogP contribution in [-0.2, 0) is 28.5 Å². The fraction of sp³-hybridized carbons (Fsp3) is 0.857. The summed E-state index contributed by atoms with van der Waals surface area (Å²) in [6.07, 6.45) is -1.50. The first-order valence-corrected chi connectivity index (χ1v) is 7.06. The van der Waals surface area contributed by atoms with Crippen molar-refractivity contribution in [2.45, 2.75) is 38.9 Å². The van der Waals surface area contributed by atoms with Gasteiger partial charge in [0.05, 0.1) is 51.5 Å². The Balaban J connectivity index is 0. The number of carbonyl (C=O) groups excluding carboxylic acids is 2. The highest BCUT2D eigenvalue weighted by Gasteiger charge is 2.11. The molecule has 0 saturated heterocycles. The lowest BCUT2D eigenvalue weighted by molar-refractivity contribution is -0.147. The Kier molecular flexibility index (Phi) is 16.9. The molecule has 0 aromatic heterocycles. The van der Waals surface area contributed by atoms with E-state index in [0.717, 1.165) is 0 Å². The molecule has 0 amide bonds. The van der Waals surface area contributed by atoms with Gasteiger partial charge < -0.3 is 29.2 Å². The summed E-state index contributed by atoms with van der Waals surface area (Å²) in [5, 5.41) is 18.0. The summed E-state index contributed by atoms with van der Waals surface area (Å²) in [5.74, 6) is -0.783. The number of hydrogen-bond acceptors (Lipinski definition) is 8. The maximum atomic E-state index is 10.7. The summed E-state index contributed by atoms with van der Waals surface area (Å²) < 4.78 is 18.5. The molecule has 132 valence electrons. The quantitative estimate of drug-likeness (QED) is 0.536. The van der Waals surface area contributed by atoms with E-state index < -0.39 is 24.1 Å². The van der Waals surface area contributed by atoms with Gasteiger partial charge in [-0.1, -0.05) is 0 Å². The number of rotatable bonds is 10. The molecule has 0 aliphatic carbocycles. The van der Waals surface area contributed by atoms with Crippen LogP contribution in [-0.4, -0.2) is 75.0 Å². The van der Waals surface area contributed by atoms with Crippen LogP contribution in [0.3, 0.4) is 0 Å². The van der Waals surface area contributed by atoms with Gasteiger partial charge in [-0.15, -0.1) is 0 Å². The number of methoxy groups -OCH3 is 2. The zero-order chi connectivity index (χ0) is 17.4. The second-order valence-corrected chi connectivity index (χ2v) is 4.24. The SMILES string of the molecule is CCOC(=O)C[C@@H](O)COC.CCOC(=O)C[C@H](O)COC. The highest BCUT2D eigenvalue weighted by molar-refractivity contribution is 5.70. The lowest BCUT2D eigenvalue weighted by atomic mass is 10.3. The van der Waals surface area contributed by atoms with E-state index >= 15 is 0 Å². The lowest BCUT2D eigenvalue weighted by Gasteiger charge is -2.07. The van der Waals surface area contributed by atoms with Crippen molar-refractivity contribution in [2.75, 3.05) is 40.6 Å². The predicted molar refractivity (Wildman–Crippen MR) is 78.3 cm³/mol. The van der Waals surface area contributed by atoms with Gasteiger partial charge in [0.15, 0.2) is 0 Å². The molecule has 0 radical (unpaired) electrons. The third-order valence-corrected chi connectivity index (χ3v) is 2.13.